The maximum Gasteiger partial charge on any atom is 0.326 e. The zero-order chi connectivity index (χ0) is 11.5. The normalized spacial score (nSPS) is 12.6. The quantitative estimate of drug-likeness (QED) is 0.803. The monoisotopic (exact) mass is 220 g/mol. The van der Waals surface area contributed by atoms with Gasteiger partial charge in [0, 0.05) is 12.3 Å². The highest BCUT2D eigenvalue weighted by molar-refractivity contribution is 5.76. The lowest BCUT2D eigenvalue weighted by atomic mass is 10.2. The number of hydrogen-bond donors (Lipinski definition) is 2. The summed E-state index contributed by atoms with van der Waals surface area (Å²) in [5.74, 6) is -0.333. The second-order valence-electron chi connectivity index (χ2n) is 3.39. The molecule has 16 heavy (non-hydrogen) atoms. The number of carboxylic acids is 1. The summed E-state index contributed by atoms with van der Waals surface area (Å²) in [6, 6.07) is 2.84. The van der Waals surface area contributed by atoms with E-state index in [2.05, 4.69) is 15.4 Å². The fourth-order valence-corrected chi connectivity index (χ4v) is 1.41. The third kappa shape index (κ3) is 1.95. The van der Waals surface area contributed by atoms with Gasteiger partial charge in [-0.1, -0.05) is 6.92 Å². The molecule has 0 aliphatic rings. The number of nitrogens with zero attached hydrogens (tertiary/aromatic N) is 3. The van der Waals surface area contributed by atoms with Crippen molar-refractivity contribution in [2.45, 2.75) is 19.4 Å². The number of carboxylic acid groups (broad SMARTS) is 1. The lowest BCUT2D eigenvalue weighted by Gasteiger charge is -2.12. The molecule has 84 valence electrons. The fourth-order valence-electron chi connectivity index (χ4n) is 1.41. The van der Waals surface area contributed by atoms with Crippen molar-refractivity contribution in [1.82, 2.24) is 14.6 Å². The molecule has 0 aliphatic heterocycles. The van der Waals surface area contributed by atoms with Crippen LogP contribution in [0.5, 0.6) is 0 Å². The third-order valence-electron chi connectivity index (χ3n) is 2.29. The number of anilines is 1. The number of hydrogen-bond acceptors (Lipinski definition) is 4. The summed E-state index contributed by atoms with van der Waals surface area (Å²) in [6.07, 6.45) is 3.88. The summed E-state index contributed by atoms with van der Waals surface area (Å²) in [5.41, 5.74) is 0.685. The maximum atomic E-state index is 10.8. The van der Waals surface area contributed by atoms with Gasteiger partial charge in [-0.25, -0.2) is 14.3 Å². The third-order valence-corrected chi connectivity index (χ3v) is 2.29. The van der Waals surface area contributed by atoms with Crippen LogP contribution in [-0.4, -0.2) is 31.7 Å². The molecule has 0 bridgehead atoms. The average molecular weight is 220 g/mol. The number of nitrogens with one attached hydrogen (secondary N) is 1. The lowest BCUT2D eigenvalue weighted by Crippen LogP contribution is -2.28. The molecular formula is C10H12N4O2. The Morgan fingerprint density at radius 3 is 3.12 bits per heavy atom. The minimum Gasteiger partial charge on any atom is -0.480 e. The average Bonchev–Trinajstić information content (AvgIpc) is 2.72. The first-order valence-electron chi connectivity index (χ1n) is 5.00. The van der Waals surface area contributed by atoms with Gasteiger partial charge in [-0.2, -0.15) is 5.10 Å². The Kier molecular flexibility index (Phi) is 2.72. The second kappa shape index (κ2) is 4.18. The van der Waals surface area contributed by atoms with Crippen LogP contribution in [0.15, 0.2) is 24.5 Å². The summed E-state index contributed by atoms with van der Waals surface area (Å²) in [7, 11) is 0. The van der Waals surface area contributed by atoms with E-state index in [1.165, 1.54) is 0 Å². The van der Waals surface area contributed by atoms with E-state index in [-0.39, 0.29) is 0 Å². The van der Waals surface area contributed by atoms with E-state index < -0.39 is 12.0 Å². The molecular weight excluding hydrogens is 208 g/mol. The molecule has 1 unspecified atom stereocenters. The van der Waals surface area contributed by atoms with Crippen molar-refractivity contribution in [3.05, 3.63) is 24.5 Å². The minimum absolute atomic E-state index is 0.501. The molecule has 0 saturated carbocycles. The van der Waals surface area contributed by atoms with Gasteiger partial charge in [-0.15, -0.1) is 0 Å². The standard InChI is InChI=1S/C10H12N4O2/c1-2-7(10(15)16)12-8-4-6-14-9(13-8)3-5-11-14/h3-7H,2H2,1H3,(H,12,13)(H,15,16). The Labute approximate surface area is 91.9 Å². The summed E-state index contributed by atoms with van der Waals surface area (Å²) < 4.78 is 1.62. The zero-order valence-corrected chi connectivity index (χ0v) is 8.79. The number of carbonyl (C=O) groups is 1. The molecule has 0 fully saturated rings. The Balaban J connectivity index is 2.23. The minimum atomic E-state index is -0.877. The molecule has 0 aliphatic carbocycles. The Morgan fingerprint density at radius 1 is 1.62 bits per heavy atom. The Hall–Kier alpha value is -2.11. The van der Waals surface area contributed by atoms with E-state index in [1.807, 2.05) is 6.92 Å². The van der Waals surface area contributed by atoms with E-state index in [1.54, 1.807) is 29.0 Å². The number of rotatable bonds is 4. The van der Waals surface area contributed by atoms with Crippen LogP contribution in [0.25, 0.3) is 5.65 Å². The highest BCUT2D eigenvalue weighted by Crippen LogP contribution is 2.08. The summed E-state index contributed by atoms with van der Waals surface area (Å²) in [4.78, 5) is 15.1. The van der Waals surface area contributed by atoms with Crippen LogP contribution in [0.2, 0.25) is 0 Å². The second-order valence-corrected chi connectivity index (χ2v) is 3.39. The van der Waals surface area contributed by atoms with Gasteiger partial charge in [-0.05, 0) is 12.5 Å². The summed E-state index contributed by atoms with van der Waals surface area (Å²) in [5, 5.41) is 15.8. The molecule has 0 radical (unpaired) electrons. The molecule has 0 spiro atoms. The predicted molar refractivity (Wildman–Crippen MR) is 58.3 cm³/mol. The van der Waals surface area contributed by atoms with Crippen molar-refractivity contribution >= 4 is 17.4 Å². The van der Waals surface area contributed by atoms with Gasteiger partial charge in [0.2, 0.25) is 0 Å². The van der Waals surface area contributed by atoms with Crippen LogP contribution < -0.4 is 5.32 Å². The van der Waals surface area contributed by atoms with Gasteiger partial charge in [-0.3, -0.25) is 0 Å². The van der Waals surface area contributed by atoms with Crippen molar-refractivity contribution in [2.24, 2.45) is 0 Å². The lowest BCUT2D eigenvalue weighted by molar-refractivity contribution is -0.137. The molecule has 1 atom stereocenters. The number of fused-ring (bicyclic) bond motifs is 1. The molecule has 2 aromatic rings. The predicted octanol–water partition coefficient (Wildman–Crippen LogP) is 1.00. The van der Waals surface area contributed by atoms with Crippen molar-refractivity contribution in [1.29, 1.82) is 0 Å². The fraction of sp³-hybridized carbons (Fsp3) is 0.300. The molecule has 6 nitrogen and oxygen atoms in total. The molecule has 0 aromatic carbocycles. The van der Waals surface area contributed by atoms with Gasteiger partial charge in [0.05, 0.1) is 6.20 Å². The van der Waals surface area contributed by atoms with E-state index in [0.717, 1.165) is 0 Å². The van der Waals surface area contributed by atoms with E-state index >= 15 is 0 Å². The number of aliphatic carboxylic acids is 1. The van der Waals surface area contributed by atoms with Crippen molar-refractivity contribution in [3.8, 4) is 0 Å². The maximum absolute atomic E-state index is 10.8. The van der Waals surface area contributed by atoms with Crippen molar-refractivity contribution < 1.29 is 9.90 Å². The Morgan fingerprint density at radius 2 is 2.44 bits per heavy atom. The molecule has 6 heteroatoms. The Bertz CT molecular complexity index is 508. The van der Waals surface area contributed by atoms with E-state index in [0.29, 0.717) is 17.9 Å². The highest BCUT2D eigenvalue weighted by Gasteiger charge is 2.14. The van der Waals surface area contributed by atoms with Crippen LogP contribution >= 0.6 is 0 Å². The first kappa shape index (κ1) is 10.4. The summed E-state index contributed by atoms with van der Waals surface area (Å²) >= 11 is 0. The van der Waals surface area contributed by atoms with Gasteiger partial charge in [0.15, 0.2) is 5.65 Å². The van der Waals surface area contributed by atoms with Gasteiger partial charge in [0.25, 0.3) is 0 Å². The van der Waals surface area contributed by atoms with E-state index in [9.17, 15) is 4.79 Å². The highest BCUT2D eigenvalue weighted by atomic mass is 16.4. The van der Waals surface area contributed by atoms with Crippen LogP contribution in [-0.2, 0) is 4.79 Å². The van der Waals surface area contributed by atoms with E-state index in [4.69, 9.17) is 5.11 Å². The first-order valence-corrected chi connectivity index (χ1v) is 5.00. The van der Waals surface area contributed by atoms with Crippen LogP contribution in [0.1, 0.15) is 13.3 Å². The molecule has 2 aromatic heterocycles. The van der Waals surface area contributed by atoms with Gasteiger partial charge >= 0.3 is 5.97 Å². The zero-order valence-electron chi connectivity index (χ0n) is 8.79. The van der Waals surface area contributed by atoms with Gasteiger partial charge in [0.1, 0.15) is 11.9 Å². The molecule has 0 saturated heterocycles. The number of aromatic nitrogens is 3. The van der Waals surface area contributed by atoms with Crippen LogP contribution in [0.3, 0.4) is 0 Å². The van der Waals surface area contributed by atoms with Crippen molar-refractivity contribution in [2.75, 3.05) is 5.32 Å². The van der Waals surface area contributed by atoms with Gasteiger partial charge < -0.3 is 10.4 Å². The SMILES string of the molecule is CCC(Nc1ccn2nccc2n1)C(=O)O. The topological polar surface area (TPSA) is 79.5 Å². The van der Waals surface area contributed by atoms with Crippen LogP contribution in [0.4, 0.5) is 5.82 Å². The molecule has 2 N–H and O–H groups in total. The van der Waals surface area contributed by atoms with Crippen LogP contribution in [0, 0.1) is 0 Å². The smallest absolute Gasteiger partial charge is 0.326 e. The molecule has 0 amide bonds. The summed E-state index contributed by atoms with van der Waals surface area (Å²) in [6.45, 7) is 1.81. The first-order chi connectivity index (χ1) is 7.70. The molecule has 2 heterocycles. The largest absolute Gasteiger partial charge is 0.480 e. The van der Waals surface area contributed by atoms with Crippen molar-refractivity contribution in [3.63, 3.8) is 0 Å². The molecule has 2 rings (SSSR count).